The number of carbonyl (C=O) groups is 1. The molecule has 1 atom stereocenters. The third-order valence-corrected chi connectivity index (χ3v) is 2.69. The normalized spacial score (nSPS) is 12.5. The lowest BCUT2D eigenvalue weighted by atomic mass is 10.0. The van der Waals surface area contributed by atoms with Crippen LogP contribution in [0.3, 0.4) is 0 Å². The van der Waals surface area contributed by atoms with Crippen LogP contribution in [0.2, 0.25) is 0 Å². The number of rotatable bonds is 3. The van der Waals surface area contributed by atoms with E-state index in [1.165, 1.54) is 0 Å². The minimum absolute atomic E-state index is 0.169. The summed E-state index contributed by atoms with van der Waals surface area (Å²) in [5.41, 5.74) is 6.89. The maximum atomic E-state index is 10.6. The number of aromatic hydroxyl groups is 1. The fraction of sp³-hybridized carbons (Fsp3) is 0.300. The zero-order valence-corrected chi connectivity index (χ0v) is 9.78. The van der Waals surface area contributed by atoms with Crippen LogP contribution in [0.15, 0.2) is 16.6 Å². The van der Waals surface area contributed by atoms with Crippen molar-refractivity contribution >= 4 is 21.9 Å². The number of carboxylic acids is 1. The van der Waals surface area contributed by atoms with Crippen molar-refractivity contribution in [1.29, 1.82) is 0 Å². The molecule has 1 rings (SSSR count). The van der Waals surface area contributed by atoms with Crippen LogP contribution in [0, 0.1) is 6.92 Å². The Labute approximate surface area is 95.8 Å². The Morgan fingerprint density at radius 3 is 2.67 bits per heavy atom. The zero-order chi connectivity index (χ0) is 11.6. The van der Waals surface area contributed by atoms with Gasteiger partial charge in [-0.25, -0.2) is 0 Å². The predicted octanol–water partition coefficient (Wildman–Crippen LogP) is 1.42. The van der Waals surface area contributed by atoms with E-state index in [0.717, 1.165) is 5.56 Å². The van der Waals surface area contributed by atoms with Crippen molar-refractivity contribution < 1.29 is 15.0 Å². The molecule has 1 unspecified atom stereocenters. The first-order valence-corrected chi connectivity index (χ1v) is 5.17. The summed E-state index contributed by atoms with van der Waals surface area (Å²) in [6.07, 6.45) is 0.245. The van der Waals surface area contributed by atoms with Gasteiger partial charge in [0.05, 0.1) is 4.47 Å². The van der Waals surface area contributed by atoms with Crippen LogP contribution in [0.25, 0.3) is 0 Å². The van der Waals surface area contributed by atoms with Crippen molar-refractivity contribution in [2.24, 2.45) is 5.73 Å². The number of carboxylic acid groups (broad SMARTS) is 1. The molecule has 4 nitrogen and oxygen atoms in total. The highest BCUT2D eigenvalue weighted by atomic mass is 79.9. The average molecular weight is 274 g/mol. The number of hydrogen-bond donors (Lipinski definition) is 3. The van der Waals surface area contributed by atoms with Crippen molar-refractivity contribution in [1.82, 2.24) is 0 Å². The Bertz CT molecular complexity index is 369. The van der Waals surface area contributed by atoms with Gasteiger partial charge in [-0.3, -0.25) is 4.79 Å². The van der Waals surface area contributed by atoms with Crippen molar-refractivity contribution in [3.63, 3.8) is 0 Å². The monoisotopic (exact) mass is 273 g/mol. The van der Waals surface area contributed by atoms with Crippen LogP contribution in [0.1, 0.15) is 11.1 Å². The quantitative estimate of drug-likeness (QED) is 0.778. The lowest BCUT2D eigenvalue weighted by Crippen LogP contribution is -2.32. The molecule has 0 fully saturated rings. The second kappa shape index (κ2) is 4.63. The second-order valence-electron chi connectivity index (χ2n) is 3.39. The summed E-state index contributed by atoms with van der Waals surface area (Å²) in [5, 5.41) is 18.1. The summed E-state index contributed by atoms with van der Waals surface area (Å²) >= 11 is 3.19. The van der Waals surface area contributed by atoms with Crippen molar-refractivity contribution in [3.8, 4) is 5.75 Å². The summed E-state index contributed by atoms with van der Waals surface area (Å²) in [6, 6.07) is 2.48. The van der Waals surface area contributed by atoms with Gasteiger partial charge in [0.25, 0.3) is 0 Å². The van der Waals surface area contributed by atoms with Gasteiger partial charge in [0.2, 0.25) is 0 Å². The molecule has 0 aromatic heterocycles. The first kappa shape index (κ1) is 12.0. The highest BCUT2D eigenvalue weighted by molar-refractivity contribution is 9.10. The molecule has 0 aliphatic heterocycles. The van der Waals surface area contributed by atoms with Crippen molar-refractivity contribution in [2.45, 2.75) is 19.4 Å². The Hall–Kier alpha value is -1.07. The number of nitrogens with two attached hydrogens (primary N) is 1. The highest BCUT2D eigenvalue weighted by Gasteiger charge is 2.13. The Kier molecular flexibility index (Phi) is 3.71. The number of aliphatic carboxylic acids is 1. The van der Waals surface area contributed by atoms with Crippen LogP contribution in [-0.2, 0) is 11.2 Å². The zero-order valence-electron chi connectivity index (χ0n) is 8.20. The Balaban J connectivity index is 2.92. The summed E-state index contributed by atoms with van der Waals surface area (Å²) in [7, 11) is 0. The smallest absolute Gasteiger partial charge is 0.320 e. The molecule has 0 saturated heterocycles. The number of phenols is 1. The Morgan fingerprint density at radius 2 is 2.20 bits per heavy atom. The van der Waals surface area contributed by atoms with Crippen molar-refractivity contribution in [3.05, 3.63) is 27.7 Å². The molecule has 15 heavy (non-hydrogen) atoms. The molecule has 0 spiro atoms. The van der Waals surface area contributed by atoms with Crippen LogP contribution in [-0.4, -0.2) is 22.2 Å². The standard InChI is InChI=1S/C10H12BrNO3/c1-5-2-6(3-7(11)9(5)13)4-8(12)10(14)15/h2-3,8,13H,4,12H2,1H3,(H,14,15). The summed E-state index contributed by atoms with van der Waals surface area (Å²) < 4.78 is 0.551. The molecule has 0 radical (unpaired) electrons. The van der Waals surface area contributed by atoms with E-state index in [-0.39, 0.29) is 12.2 Å². The minimum Gasteiger partial charge on any atom is -0.506 e. The van der Waals surface area contributed by atoms with Crippen LogP contribution < -0.4 is 5.73 Å². The van der Waals surface area contributed by atoms with Gasteiger partial charge in [-0.05, 0) is 46.5 Å². The molecule has 0 amide bonds. The lowest BCUT2D eigenvalue weighted by molar-refractivity contribution is -0.138. The van der Waals surface area contributed by atoms with E-state index in [1.807, 2.05) is 0 Å². The molecule has 5 heteroatoms. The molecule has 0 aliphatic carbocycles. The fourth-order valence-corrected chi connectivity index (χ4v) is 1.87. The van der Waals surface area contributed by atoms with E-state index in [4.69, 9.17) is 10.8 Å². The van der Waals surface area contributed by atoms with Gasteiger partial charge in [-0.1, -0.05) is 6.07 Å². The highest BCUT2D eigenvalue weighted by Crippen LogP contribution is 2.29. The van der Waals surface area contributed by atoms with Crippen LogP contribution in [0.5, 0.6) is 5.75 Å². The molecule has 82 valence electrons. The molecular weight excluding hydrogens is 262 g/mol. The summed E-state index contributed by atoms with van der Waals surface area (Å²) in [6.45, 7) is 1.75. The van der Waals surface area contributed by atoms with Gasteiger partial charge >= 0.3 is 5.97 Å². The maximum Gasteiger partial charge on any atom is 0.320 e. The minimum atomic E-state index is -1.03. The van der Waals surface area contributed by atoms with Gasteiger partial charge in [-0.15, -0.1) is 0 Å². The van der Waals surface area contributed by atoms with Crippen molar-refractivity contribution in [2.75, 3.05) is 0 Å². The van der Waals surface area contributed by atoms with Crippen LogP contribution in [0.4, 0.5) is 0 Å². The first-order valence-electron chi connectivity index (χ1n) is 4.38. The van der Waals surface area contributed by atoms with Gasteiger partial charge < -0.3 is 15.9 Å². The number of benzene rings is 1. The number of halogens is 1. The van der Waals surface area contributed by atoms with E-state index < -0.39 is 12.0 Å². The number of phenolic OH excluding ortho intramolecular Hbond substituents is 1. The molecule has 0 bridgehead atoms. The van der Waals surface area contributed by atoms with E-state index in [1.54, 1.807) is 19.1 Å². The van der Waals surface area contributed by atoms with Gasteiger partial charge in [0.15, 0.2) is 0 Å². The summed E-state index contributed by atoms with van der Waals surface area (Å²) in [5.74, 6) is -0.862. The largest absolute Gasteiger partial charge is 0.506 e. The fourth-order valence-electron chi connectivity index (χ4n) is 1.27. The van der Waals surface area contributed by atoms with E-state index in [0.29, 0.717) is 10.0 Å². The molecule has 1 aromatic rings. The molecule has 4 N–H and O–H groups in total. The topological polar surface area (TPSA) is 83.6 Å². The molecule has 1 aromatic carbocycles. The maximum absolute atomic E-state index is 10.6. The second-order valence-corrected chi connectivity index (χ2v) is 4.25. The number of aryl methyl sites for hydroxylation is 1. The Morgan fingerprint density at radius 1 is 1.60 bits per heavy atom. The number of hydrogen-bond acceptors (Lipinski definition) is 3. The van der Waals surface area contributed by atoms with Crippen LogP contribution >= 0.6 is 15.9 Å². The molecule has 0 aliphatic rings. The molecular formula is C10H12BrNO3. The SMILES string of the molecule is Cc1cc(CC(N)C(=O)O)cc(Br)c1O. The van der Waals surface area contributed by atoms with E-state index >= 15 is 0 Å². The average Bonchev–Trinajstić information content (AvgIpc) is 2.13. The van der Waals surface area contributed by atoms with E-state index in [9.17, 15) is 9.90 Å². The molecule has 0 heterocycles. The lowest BCUT2D eigenvalue weighted by Gasteiger charge is -2.09. The van der Waals surface area contributed by atoms with Gasteiger partial charge in [0.1, 0.15) is 11.8 Å². The van der Waals surface area contributed by atoms with Gasteiger partial charge in [0, 0.05) is 0 Å². The third kappa shape index (κ3) is 2.94. The van der Waals surface area contributed by atoms with E-state index in [2.05, 4.69) is 15.9 Å². The summed E-state index contributed by atoms with van der Waals surface area (Å²) in [4.78, 5) is 10.6. The first-order chi connectivity index (χ1) is 6.91. The molecule has 0 saturated carbocycles. The third-order valence-electron chi connectivity index (χ3n) is 2.09. The van der Waals surface area contributed by atoms with Gasteiger partial charge in [-0.2, -0.15) is 0 Å². The predicted molar refractivity (Wildman–Crippen MR) is 59.9 cm³/mol.